The fourth-order valence-electron chi connectivity index (χ4n) is 3.81. The molecule has 1 unspecified atom stereocenters. The summed E-state index contributed by atoms with van der Waals surface area (Å²) < 4.78 is 0. The second-order valence-corrected chi connectivity index (χ2v) is 9.00. The van der Waals surface area contributed by atoms with Gasteiger partial charge >= 0.3 is 6.03 Å². The number of nitrogens with zero attached hydrogens (tertiary/aromatic N) is 1. The quantitative estimate of drug-likeness (QED) is 0.367. The van der Waals surface area contributed by atoms with Gasteiger partial charge in [0.05, 0.1) is 5.69 Å². The van der Waals surface area contributed by atoms with Gasteiger partial charge in [-0.2, -0.15) is 0 Å². The van der Waals surface area contributed by atoms with Crippen LogP contribution in [-0.2, 0) is 10.3 Å². The standard InChI is InChI=1S/C26H20N4O3S/c1-26(24(32)29-25(33)30-26)18-13-8-14-19(15-18)27-22(31)21-20(16-9-4-2-5-10-16)28-23(34-21)17-11-6-3-7-12-17/h2-15H,1H3,(H,27,31)(H2,29,30,32,33). The molecule has 34 heavy (non-hydrogen) atoms. The van der Waals surface area contributed by atoms with Crippen molar-refractivity contribution < 1.29 is 14.4 Å². The van der Waals surface area contributed by atoms with Crippen LogP contribution < -0.4 is 16.0 Å². The molecule has 5 rings (SSSR count). The number of thiazole rings is 1. The molecule has 8 heteroatoms. The summed E-state index contributed by atoms with van der Waals surface area (Å²) in [6, 6.07) is 25.6. The minimum Gasteiger partial charge on any atom is -0.321 e. The number of rotatable bonds is 5. The first-order valence-electron chi connectivity index (χ1n) is 10.6. The number of nitrogens with one attached hydrogen (secondary N) is 3. The minimum absolute atomic E-state index is 0.305. The molecule has 1 fully saturated rings. The van der Waals surface area contributed by atoms with Crippen molar-refractivity contribution in [3.8, 4) is 21.8 Å². The Hall–Kier alpha value is -4.30. The van der Waals surface area contributed by atoms with Crippen molar-refractivity contribution in [2.75, 3.05) is 5.32 Å². The van der Waals surface area contributed by atoms with E-state index in [9.17, 15) is 14.4 Å². The zero-order chi connectivity index (χ0) is 23.7. The van der Waals surface area contributed by atoms with E-state index in [0.717, 1.165) is 16.1 Å². The van der Waals surface area contributed by atoms with Crippen LogP contribution in [0.3, 0.4) is 0 Å². The lowest BCUT2D eigenvalue weighted by molar-refractivity contribution is -0.123. The highest BCUT2D eigenvalue weighted by molar-refractivity contribution is 7.17. The second-order valence-electron chi connectivity index (χ2n) is 8.00. The number of benzene rings is 3. The Kier molecular flexibility index (Phi) is 5.43. The number of imide groups is 1. The molecule has 4 amide bonds. The van der Waals surface area contributed by atoms with Crippen LogP contribution in [0.25, 0.3) is 21.8 Å². The number of carbonyl (C=O) groups is 3. The van der Waals surface area contributed by atoms with E-state index >= 15 is 0 Å². The fraction of sp³-hybridized carbons (Fsp3) is 0.0769. The summed E-state index contributed by atoms with van der Waals surface area (Å²) in [5.74, 6) is -0.747. The third-order valence-corrected chi connectivity index (χ3v) is 6.75. The molecule has 1 atom stereocenters. The van der Waals surface area contributed by atoms with Gasteiger partial charge < -0.3 is 10.6 Å². The van der Waals surface area contributed by atoms with Crippen LogP contribution in [0.2, 0.25) is 0 Å². The summed E-state index contributed by atoms with van der Waals surface area (Å²) in [4.78, 5) is 42.6. The van der Waals surface area contributed by atoms with Gasteiger partial charge in [0.2, 0.25) is 0 Å². The zero-order valence-electron chi connectivity index (χ0n) is 18.2. The number of amides is 4. The highest BCUT2D eigenvalue weighted by atomic mass is 32.1. The van der Waals surface area contributed by atoms with E-state index in [4.69, 9.17) is 4.98 Å². The van der Waals surface area contributed by atoms with Gasteiger partial charge in [-0.05, 0) is 24.6 Å². The summed E-state index contributed by atoms with van der Waals surface area (Å²) >= 11 is 1.32. The van der Waals surface area contributed by atoms with Crippen molar-refractivity contribution in [1.82, 2.24) is 15.6 Å². The molecule has 3 N–H and O–H groups in total. The Balaban J connectivity index is 1.49. The average molecular weight is 469 g/mol. The second kappa shape index (κ2) is 8.57. The van der Waals surface area contributed by atoms with Crippen LogP contribution in [0, 0.1) is 0 Å². The molecular formula is C26H20N4O3S. The van der Waals surface area contributed by atoms with Gasteiger partial charge in [0.15, 0.2) is 0 Å². The van der Waals surface area contributed by atoms with Crippen molar-refractivity contribution in [2.24, 2.45) is 0 Å². The van der Waals surface area contributed by atoms with Gasteiger partial charge in [-0.3, -0.25) is 14.9 Å². The first-order chi connectivity index (χ1) is 16.4. The SMILES string of the molecule is CC1(c2cccc(NC(=O)c3sc(-c4ccccc4)nc3-c3ccccc3)c2)NC(=O)NC1=O. The summed E-state index contributed by atoms with van der Waals surface area (Å²) in [6.45, 7) is 1.62. The number of hydrogen-bond donors (Lipinski definition) is 3. The molecule has 7 nitrogen and oxygen atoms in total. The maximum Gasteiger partial charge on any atom is 0.322 e. The van der Waals surface area contributed by atoms with Gasteiger partial charge in [0.1, 0.15) is 15.4 Å². The maximum absolute atomic E-state index is 13.4. The van der Waals surface area contributed by atoms with Gasteiger partial charge in [-0.25, -0.2) is 9.78 Å². The van der Waals surface area contributed by atoms with E-state index in [2.05, 4.69) is 16.0 Å². The molecule has 0 bridgehead atoms. The molecule has 2 heterocycles. The van der Waals surface area contributed by atoms with Crippen molar-refractivity contribution >= 4 is 34.9 Å². The van der Waals surface area contributed by atoms with E-state index in [-0.39, 0.29) is 5.91 Å². The minimum atomic E-state index is -1.21. The highest BCUT2D eigenvalue weighted by Gasteiger charge is 2.43. The van der Waals surface area contributed by atoms with Crippen LogP contribution in [0.1, 0.15) is 22.2 Å². The molecule has 0 aliphatic carbocycles. The summed E-state index contributed by atoms with van der Waals surface area (Å²) in [5, 5.41) is 8.57. The monoisotopic (exact) mass is 468 g/mol. The topological polar surface area (TPSA) is 100 Å². The van der Waals surface area contributed by atoms with Crippen molar-refractivity contribution in [3.63, 3.8) is 0 Å². The number of anilines is 1. The molecule has 1 saturated heterocycles. The molecule has 4 aromatic rings. The molecule has 168 valence electrons. The van der Waals surface area contributed by atoms with Crippen LogP contribution >= 0.6 is 11.3 Å². The Morgan fingerprint density at radius 3 is 2.24 bits per heavy atom. The molecule has 0 saturated carbocycles. The van der Waals surface area contributed by atoms with Crippen LogP contribution in [0.4, 0.5) is 10.5 Å². The van der Waals surface area contributed by atoms with E-state index in [1.807, 2.05) is 60.7 Å². The molecular weight excluding hydrogens is 448 g/mol. The van der Waals surface area contributed by atoms with Gasteiger partial charge in [0, 0.05) is 16.8 Å². The predicted octanol–water partition coefficient (Wildman–Crippen LogP) is 4.78. The van der Waals surface area contributed by atoms with E-state index < -0.39 is 17.5 Å². The molecule has 3 aromatic carbocycles. The average Bonchev–Trinajstić information content (AvgIpc) is 3.42. The summed E-state index contributed by atoms with van der Waals surface area (Å²) in [6.07, 6.45) is 0. The number of aromatic nitrogens is 1. The Morgan fingerprint density at radius 1 is 0.912 bits per heavy atom. The van der Waals surface area contributed by atoms with E-state index in [1.165, 1.54) is 11.3 Å². The Bertz CT molecular complexity index is 1400. The number of hydrogen-bond acceptors (Lipinski definition) is 5. The van der Waals surface area contributed by atoms with Crippen molar-refractivity contribution in [1.29, 1.82) is 0 Å². The van der Waals surface area contributed by atoms with E-state index in [0.29, 0.717) is 21.8 Å². The molecule has 0 radical (unpaired) electrons. The van der Waals surface area contributed by atoms with Crippen LogP contribution in [-0.4, -0.2) is 22.8 Å². The van der Waals surface area contributed by atoms with E-state index in [1.54, 1.807) is 31.2 Å². The normalized spacial score (nSPS) is 17.2. The number of urea groups is 1. The maximum atomic E-state index is 13.4. The zero-order valence-corrected chi connectivity index (χ0v) is 19.0. The fourth-order valence-corrected chi connectivity index (χ4v) is 4.80. The van der Waals surface area contributed by atoms with Crippen molar-refractivity contribution in [3.05, 3.63) is 95.4 Å². The molecule has 1 aliphatic rings. The predicted molar refractivity (Wildman–Crippen MR) is 131 cm³/mol. The summed E-state index contributed by atoms with van der Waals surface area (Å²) in [7, 11) is 0. The molecule has 0 spiro atoms. The molecule has 1 aliphatic heterocycles. The van der Waals surface area contributed by atoms with Gasteiger partial charge in [0.25, 0.3) is 11.8 Å². The first kappa shape index (κ1) is 21.5. The highest BCUT2D eigenvalue weighted by Crippen LogP contribution is 2.34. The lowest BCUT2D eigenvalue weighted by Crippen LogP contribution is -2.40. The largest absolute Gasteiger partial charge is 0.322 e. The lowest BCUT2D eigenvalue weighted by atomic mass is 9.92. The van der Waals surface area contributed by atoms with Gasteiger partial charge in [-0.15, -0.1) is 11.3 Å². The third kappa shape index (κ3) is 3.95. The van der Waals surface area contributed by atoms with Gasteiger partial charge in [-0.1, -0.05) is 72.8 Å². The Labute approximate surface area is 199 Å². The lowest BCUT2D eigenvalue weighted by Gasteiger charge is -2.21. The number of carbonyl (C=O) groups excluding carboxylic acids is 3. The summed E-state index contributed by atoms with van der Waals surface area (Å²) in [5.41, 5.74) is 2.24. The Morgan fingerprint density at radius 2 is 1.59 bits per heavy atom. The van der Waals surface area contributed by atoms with Crippen LogP contribution in [0.15, 0.2) is 84.9 Å². The van der Waals surface area contributed by atoms with Crippen LogP contribution in [0.5, 0.6) is 0 Å². The first-order valence-corrected chi connectivity index (χ1v) is 11.4. The molecule has 1 aromatic heterocycles. The smallest absolute Gasteiger partial charge is 0.321 e. The van der Waals surface area contributed by atoms with Crippen molar-refractivity contribution in [2.45, 2.75) is 12.5 Å². The third-order valence-electron chi connectivity index (χ3n) is 5.64.